The molecule has 3 nitrogen and oxygen atoms in total. The van der Waals surface area contributed by atoms with Crippen molar-refractivity contribution >= 4 is 18.4 Å². The lowest BCUT2D eigenvalue weighted by Crippen LogP contribution is -2.10. The lowest BCUT2D eigenvalue weighted by atomic mass is 10.0. The predicted octanol–water partition coefficient (Wildman–Crippen LogP) is 1.75. The summed E-state index contributed by atoms with van der Waals surface area (Å²) in [4.78, 5) is 11.0. The van der Waals surface area contributed by atoms with E-state index >= 15 is 0 Å². The van der Waals surface area contributed by atoms with Gasteiger partial charge in [0.2, 0.25) is 0 Å². The predicted molar refractivity (Wildman–Crippen MR) is 58.7 cm³/mol. The van der Waals surface area contributed by atoms with Crippen molar-refractivity contribution < 1.29 is 9.53 Å². The quantitative estimate of drug-likeness (QED) is 0.719. The highest BCUT2D eigenvalue weighted by atomic mass is 35.5. The first-order valence-corrected chi connectivity index (χ1v) is 5.19. The molecule has 1 N–H and O–H groups in total. The molecule has 0 saturated carbocycles. The van der Waals surface area contributed by atoms with E-state index in [9.17, 15) is 4.79 Å². The zero-order valence-corrected chi connectivity index (χ0v) is 9.57. The lowest BCUT2D eigenvalue weighted by Gasteiger charge is -2.06. The number of rotatable bonds is 5. The van der Waals surface area contributed by atoms with Crippen molar-refractivity contribution in [2.75, 3.05) is 19.7 Å². The molecule has 0 amide bonds. The Bertz CT molecular complexity index is 158. The second kappa shape index (κ2) is 8.06. The van der Waals surface area contributed by atoms with E-state index in [1.54, 1.807) is 0 Å². The molecule has 0 aliphatic carbocycles. The monoisotopic (exact) mass is 221 g/mol. The van der Waals surface area contributed by atoms with E-state index < -0.39 is 0 Å². The number of halogens is 1. The number of esters is 1. The van der Waals surface area contributed by atoms with Crippen molar-refractivity contribution in [3.63, 3.8) is 0 Å². The van der Waals surface area contributed by atoms with Gasteiger partial charge in [-0.2, -0.15) is 0 Å². The van der Waals surface area contributed by atoms with Gasteiger partial charge in [-0.15, -0.1) is 12.4 Å². The van der Waals surface area contributed by atoms with Gasteiger partial charge in [-0.25, -0.2) is 0 Å². The zero-order valence-electron chi connectivity index (χ0n) is 8.75. The second-order valence-corrected chi connectivity index (χ2v) is 3.56. The molecule has 14 heavy (non-hydrogen) atoms. The van der Waals surface area contributed by atoms with Crippen molar-refractivity contribution in [1.82, 2.24) is 5.32 Å². The van der Waals surface area contributed by atoms with E-state index in [1.807, 2.05) is 6.92 Å². The number of hydrogen-bond acceptors (Lipinski definition) is 3. The van der Waals surface area contributed by atoms with Crippen molar-refractivity contribution in [2.45, 2.75) is 32.6 Å². The molecule has 4 heteroatoms. The van der Waals surface area contributed by atoms with Crippen LogP contribution in [0.2, 0.25) is 0 Å². The van der Waals surface area contributed by atoms with Gasteiger partial charge in [-0.1, -0.05) is 0 Å². The van der Waals surface area contributed by atoms with Crippen LogP contribution in [0.15, 0.2) is 0 Å². The Labute approximate surface area is 92.0 Å². The van der Waals surface area contributed by atoms with E-state index in [-0.39, 0.29) is 18.4 Å². The molecule has 0 aromatic heterocycles. The van der Waals surface area contributed by atoms with Gasteiger partial charge < -0.3 is 10.1 Å². The zero-order chi connectivity index (χ0) is 9.52. The molecule has 0 bridgehead atoms. The largest absolute Gasteiger partial charge is 0.466 e. The van der Waals surface area contributed by atoms with Gasteiger partial charge in [0, 0.05) is 6.42 Å². The number of carbonyl (C=O) groups excluding carboxylic acids is 1. The van der Waals surface area contributed by atoms with Crippen LogP contribution in [0, 0.1) is 5.92 Å². The first-order valence-electron chi connectivity index (χ1n) is 5.19. The smallest absolute Gasteiger partial charge is 0.305 e. The summed E-state index contributed by atoms with van der Waals surface area (Å²) in [5.41, 5.74) is 0. The van der Waals surface area contributed by atoms with Crippen LogP contribution in [0.5, 0.6) is 0 Å². The van der Waals surface area contributed by atoms with Crippen LogP contribution < -0.4 is 5.32 Å². The topological polar surface area (TPSA) is 38.3 Å². The van der Waals surface area contributed by atoms with Gasteiger partial charge in [0.25, 0.3) is 0 Å². The third kappa shape index (κ3) is 5.45. The molecule has 0 aromatic carbocycles. The van der Waals surface area contributed by atoms with Gasteiger partial charge in [0.1, 0.15) is 0 Å². The maximum atomic E-state index is 11.0. The SMILES string of the molecule is CCOC(=O)CCCC1CCNC1.Cl. The van der Waals surface area contributed by atoms with Crippen LogP contribution in [0.1, 0.15) is 32.6 Å². The molecular formula is C10H20ClNO2. The van der Waals surface area contributed by atoms with Crippen LogP contribution in [-0.2, 0) is 9.53 Å². The van der Waals surface area contributed by atoms with Crippen LogP contribution in [0.25, 0.3) is 0 Å². The van der Waals surface area contributed by atoms with Crippen LogP contribution >= 0.6 is 12.4 Å². The molecule has 1 heterocycles. The van der Waals surface area contributed by atoms with Crippen molar-refractivity contribution in [3.8, 4) is 0 Å². The summed E-state index contributed by atoms with van der Waals surface area (Å²) in [6.07, 6.45) is 3.99. The lowest BCUT2D eigenvalue weighted by molar-refractivity contribution is -0.143. The molecule has 0 spiro atoms. The fourth-order valence-electron chi connectivity index (χ4n) is 1.73. The van der Waals surface area contributed by atoms with Crippen molar-refractivity contribution in [2.24, 2.45) is 5.92 Å². The Morgan fingerprint density at radius 1 is 1.57 bits per heavy atom. The molecule has 1 fully saturated rings. The third-order valence-electron chi connectivity index (χ3n) is 2.46. The summed E-state index contributed by atoms with van der Waals surface area (Å²) in [6.45, 7) is 4.62. The fraction of sp³-hybridized carbons (Fsp3) is 0.900. The van der Waals surface area contributed by atoms with Crippen LogP contribution in [0.3, 0.4) is 0 Å². The summed E-state index contributed by atoms with van der Waals surface area (Å²) in [5.74, 6) is 0.739. The third-order valence-corrected chi connectivity index (χ3v) is 2.46. The molecule has 1 atom stereocenters. The summed E-state index contributed by atoms with van der Waals surface area (Å²) in [6, 6.07) is 0. The van der Waals surface area contributed by atoms with Gasteiger partial charge in [0.05, 0.1) is 6.61 Å². The van der Waals surface area contributed by atoms with Gasteiger partial charge in [0.15, 0.2) is 0 Å². The van der Waals surface area contributed by atoms with E-state index in [4.69, 9.17) is 4.74 Å². The molecule has 1 rings (SSSR count). The average Bonchev–Trinajstić information content (AvgIpc) is 2.57. The fourth-order valence-corrected chi connectivity index (χ4v) is 1.73. The number of nitrogens with one attached hydrogen (secondary N) is 1. The molecule has 1 unspecified atom stereocenters. The molecule has 0 aromatic rings. The highest BCUT2D eigenvalue weighted by Crippen LogP contribution is 2.15. The number of carbonyl (C=O) groups is 1. The summed E-state index contributed by atoms with van der Waals surface area (Å²) in [5, 5.41) is 3.32. The van der Waals surface area contributed by atoms with E-state index in [0.29, 0.717) is 13.0 Å². The Morgan fingerprint density at radius 3 is 2.93 bits per heavy atom. The van der Waals surface area contributed by atoms with E-state index in [0.717, 1.165) is 31.8 Å². The molecule has 1 saturated heterocycles. The summed E-state index contributed by atoms with van der Waals surface area (Å²) >= 11 is 0. The molecule has 1 aliphatic rings. The number of ether oxygens (including phenoxy) is 1. The Balaban J connectivity index is 0.00000169. The minimum absolute atomic E-state index is 0. The minimum atomic E-state index is -0.0477. The van der Waals surface area contributed by atoms with E-state index in [2.05, 4.69) is 5.32 Å². The van der Waals surface area contributed by atoms with E-state index in [1.165, 1.54) is 6.42 Å². The molecule has 84 valence electrons. The highest BCUT2D eigenvalue weighted by Gasteiger charge is 2.14. The number of hydrogen-bond donors (Lipinski definition) is 1. The first-order chi connectivity index (χ1) is 6.33. The molecular weight excluding hydrogens is 202 g/mol. The van der Waals surface area contributed by atoms with Crippen molar-refractivity contribution in [1.29, 1.82) is 0 Å². The summed E-state index contributed by atoms with van der Waals surface area (Å²) < 4.78 is 4.85. The Hall–Kier alpha value is -0.280. The first kappa shape index (κ1) is 13.7. The van der Waals surface area contributed by atoms with Gasteiger partial charge in [-0.3, -0.25) is 4.79 Å². The maximum Gasteiger partial charge on any atom is 0.305 e. The second-order valence-electron chi connectivity index (χ2n) is 3.56. The molecule has 0 radical (unpaired) electrons. The molecule has 1 aliphatic heterocycles. The van der Waals surface area contributed by atoms with Crippen LogP contribution in [0.4, 0.5) is 0 Å². The Morgan fingerprint density at radius 2 is 2.36 bits per heavy atom. The van der Waals surface area contributed by atoms with Crippen LogP contribution in [-0.4, -0.2) is 25.7 Å². The minimum Gasteiger partial charge on any atom is -0.466 e. The Kier molecular flexibility index (Phi) is 7.90. The van der Waals surface area contributed by atoms with Gasteiger partial charge >= 0.3 is 5.97 Å². The summed E-state index contributed by atoms with van der Waals surface area (Å²) in [7, 11) is 0. The van der Waals surface area contributed by atoms with Gasteiger partial charge in [-0.05, 0) is 45.2 Å². The highest BCUT2D eigenvalue weighted by molar-refractivity contribution is 5.85. The normalized spacial score (nSPS) is 20.2. The average molecular weight is 222 g/mol. The standard InChI is InChI=1S/C10H19NO2.ClH/c1-2-13-10(12)5-3-4-9-6-7-11-8-9;/h9,11H,2-8H2,1H3;1H. The van der Waals surface area contributed by atoms with Crippen molar-refractivity contribution in [3.05, 3.63) is 0 Å². The maximum absolute atomic E-state index is 11.0.